The largest absolute Gasteiger partial charge is 0.508 e. The fourth-order valence-corrected chi connectivity index (χ4v) is 5.23. The maximum Gasteiger partial charge on any atom is 0.191 e. The number of carbonyl (C=O) groups excluding carboxylic acids is 2. The molecule has 0 spiro atoms. The van der Waals surface area contributed by atoms with E-state index >= 15 is 0 Å². The molecule has 3 rings (SSSR count). The lowest BCUT2D eigenvalue weighted by Gasteiger charge is -2.15. The summed E-state index contributed by atoms with van der Waals surface area (Å²) in [6.45, 7) is 0. The number of thioether (sulfide) groups is 2. The Kier molecular flexibility index (Phi) is 7.38. The number of benzene rings is 2. The Hall–Kier alpha value is -2.70. The minimum absolute atomic E-state index is 0.154. The van der Waals surface area contributed by atoms with Crippen LogP contribution in [0.15, 0.2) is 70.5 Å². The number of phenolic OH excluding ortho intramolecular Hbond substituents is 2. The van der Waals surface area contributed by atoms with Gasteiger partial charge in [-0.25, -0.2) is 0 Å². The summed E-state index contributed by atoms with van der Waals surface area (Å²) in [6, 6.07) is 13.0. The van der Waals surface area contributed by atoms with Crippen LogP contribution < -0.4 is 0 Å². The van der Waals surface area contributed by atoms with Gasteiger partial charge >= 0.3 is 0 Å². The van der Waals surface area contributed by atoms with Crippen molar-refractivity contribution in [1.82, 2.24) is 0 Å². The topological polar surface area (TPSA) is 74.6 Å². The van der Waals surface area contributed by atoms with Crippen molar-refractivity contribution >= 4 is 47.2 Å². The Bertz CT molecular complexity index is 893. The Morgan fingerprint density at radius 1 is 0.724 bits per heavy atom. The molecule has 0 bridgehead atoms. The summed E-state index contributed by atoms with van der Waals surface area (Å²) in [7, 11) is 0. The monoisotopic (exact) mass is 424 g/mol. The van der Waals surface area contributed by atoms with Crippen molar-refractivity contribution in [1.29, 1.82) is 0 Å². The van der Waals surface area contributed by atoms with Crippen LogP contribution in [-0.4, -0.2) is 33.3 Å². The predicted molar refractivity (Wildman–Crippen MR) is 121 cm³/mol. The van der Waals surface area contributed by atoms with Gasteiger partial charge in [0.25, 0.3) is 0 Å². The summed E-state index contributed by atoms with van der Waals surface area (Å²) in [5.74, 6) is 1.40. The zero-order valence-electron chi connectivity index (χ0n) is 15.6. The smallest absolute Gasteiger partial charge is 0.191 e. The minimum atomic E-state index is -0.338. The van der Waals surface area contributed by atoms with Crippen molar-refractivity contribution in [2.75, 3.05) is 11.5 Å². The number of hydrogen-bond donors (Lipinski definition) is 2. The lowest BCUT2D eigenvalue weighted by atomic mass is 10.1. The number of aromatic hydroxyl groups is 2. The fraction of sp³-hybridized carbons (Fsp3) is 0.130. The molecule has 2 N–H and O–H groups in total. The quantitative estimate of drug-likeness (QED) is 0.384. The van der Waals surface area contributed by atoms with E-state index in [4.69, 9.17) is 0 Å². The van der Waals surface area contributed by atoms with Crippen molar-refractivity contribution in [3.05, 3.63) is 81.6 Å². The second kappa shape index (κ2) is 10.2. The lowest BCUT2D eigenvalue weighted by Crippen LogP contribution is -2.12. The van der Waals surface area contributed by atoms with Crippen LogP contribution >= 0.6 is 23.5 Å². The van der Waals surface area contributed by atoms with E-state index in [-0.39, 0.29) is 28.6 Å². The Morgan fingerprint density at radius 2 is 1.14 bits per heavy atom. The first-order valence-electron chi connectivity index (χ1n) is 9.06. The molecule has 0 unspecified atom stereocenters. The number of allylic oxidation sites excluding steroid dienone is 3. The highest BCUT2D eigenvalue weighted by Crippen LogP contribution is 2.38. The number of ketones is 2. The maximum absolute atomic E-state index is 12.9. The van der Waals surface area contributed by atoms with Crippen LogP contribution in [-0.2, 0) is 9.59 Å². The van der Waals surface area contributed by atoms with Gasteiger partial charge in [0, 0.05) is 0 Å². The van der Waals surface area contributed by atoms with Gasteiger partial charge in [-0.05, 0) is 65.5 Å². The van der Waals surface area contributed by atoms with Gasteiger partial charge < -0.3 is 10.2 Å². The van der Waals surface area contributed by atoms with E-state index in [0.29, 0.717) is 0 Å². The molecule has 0 amide bonds. The molecule has 4 nitrogen and oxygen atoms in total. The fourth-order valence-electron chi connectivity index (χ4n) is 2.58. The number of rotatable bonds is 6. The average Bonchev–Trinajstić information content (AvgIpc) is 2.74. The summed E-state index contributed by atoms with van der Waals surface area (Å²) in [6.07, 6.45) is 7.11. The molecule has 2 aromatic rings. The molecule has 1 saturated heterocycles. The van der Waals surface area contributed by atoms with E-state index in [1.807, 2.05) is 0 Å². The summed E-state index contributed by atoms with van der Waals surface area (Å²) >= 11 is 3.08. The average molecular weight is 425 g/mol. The van der Waals surface area contributed by atoms with E-state index in [9.17, 15) is 19.8 Å². The van der Waals surface area contributed by atoms with E-state index in [1.54, 1.807) is 84.2 Å². The summed E-state index contributed by atoms with van der Waals surface area (Å²) in [5, 5.41) is 18.7. The number of phenols is 2. The van der Waals surface area contributed by atoms with Crippen molar-refractivity contribution in [2.24, 2.45) is 0 Å². The van der Waals surface area contributed by atoms with Crippen LogP contribution in [0.2, 0.25) is 0 Å². The van der Waals surface area contributed by atoms with Crippen LogP contribution in [0, 0.1) is 0 Å². The van der Waals surface area contributed by atoms with E-state index < -0.39 is 0 Å². The molecule has 1 fully saturated rings. The zero-order valence-corrected chi connectivity index (χ0v) is 17.2. The highest BCUT2D eigenvalue weighted by atomic mass is 32.2. The van der Waals surface area contributed by atoms with E-state index in [2.05, 4.69) is 0 Å². The molecular formula is C23H20O4S2. The maximum atomic E-state index is 12.9. The molecule has 1 aliphatic heterocycles. The van der Waals surface area contributed by atoms with Crippen molar-refractivity contribution in [2.45, 2.75) is 6.42 Å². The predicted octanol–water partition coefficient (Wildman–Crippen LogP) is 5.04. The van der Waals surface area contributed by atoms with Gasteiger partial charge in [-0.2, -0.15) is 0 Å². The van der Waals surface area contributed by atoms with Crippen LogP contribution in [0.1, 0.15) is 17.5 Å². The Labute approximate surface area is 178 Å². The Morgan fingerprint density at radius 3 is 1.55 bits per heavy atom. The minimum Gasteiger partial charge on any atom is -0.508 e. The summed E-state index contributed by atoms with van der Waals surface area (Å²) in [4.78, 5) is 25.7. The van der Waals surface area contributed by atoms with Gasteiger partial charge in [0.2, 0.25) is 0 Å². The summed E-state index contributed by atoms with van der Waals surface area (Å²) < 4.78 is 0.761. The normalized spacial score (nSPS) is 14.4. The van der Waals surface area contributed by atoms with Crippen LogP contribution in [0.25, 0.3) is 12.2 Å². The molecule has 0 saturated carbocycles. The molecule has 0 aromatic heterocycles. The second-order valence-electron chi connectivity index (χ2n) is 6.29. The molecule has 148 valence electrons. The first-order chi connectivity index (χ1) is 14.0. The molecule has 29 heavy (non-hydrogen) atoms. The van der Waals surface area contributed by atoms with Crippen molar-refractivity contribution in [3.8, 4) is 11.5 Å². The molecule has 6 heteroatoms. The van der Waals surface area contributed by atoms with Gasteiger partial charge in [-0.3, -0.25) is 9.59 Å². The first-order valence-corrected chi connectivity index (χ1v) is 11.0. The van der Waals surface area contributed by atoms with Gasteiger partial charge in [-0.1, -0.05) is 36.4 Å². The standard InChI is InChI=1S/C23H20O4S2/c24-18-8-2-16(3-9-18)6-12-20(26)22(23-28-14-1-15-29-23)21(27)13-7-17-4-10-19(25)11-5-17/h2-13,24-25H,1,14-15H2/b12-6+,13-7+. The van der Waals surface area contributed by atoms with Crippen molar-refractivity contribution < 1.29 is 19.8 Å². The molecule has 1 aliphatic rings. The molecule has 0 atom stereocenters. The number of carbonyl (C=O) groups is 2. The van der Waals surface area contributed by atoms with Crippen LogP contribution in [0.4, 0.5) is 0 Å². The second-order valence-corrected chi connectivity index (χ2v) is 8.76. The zero-order chi connectivity index (χ0) is 20.6. The third kappa shape index (κ3) is 6.14. The van der Waals surface area contributed by atoms with Gasteiger partial charge in [0.05, 0.1) is 9.81 Å². The van der Waals surface area contributed by atoms with E-state index in [1.165, 1.54) is 12.2 Å². The highest BCUT2D eigenvalue weighted by Gasteiger charge is 2.22. The summed E-state index contributed by atoms with van der Waals surface area (Å²) in [5.41, 5.74) is 1.71. The molecule has 2 aromatic carbocycles. The first kappa shape index (κ1) is 21.0. The van der Waals surface area contributed by atoms with Crippen LogP contribution in [0.3, 0.4) is 0 Å². The Balaban J connectivity index is 1.84. The van der Waals surface area contributed by atoms with E-state index in [0.717, 1.165) is 33.3 Å². The van der Waals surface area contributed by atoms with Gasteiger partial charge in [0.1, 0.15) is 11.5 Å². The van der Waals surface area contributed by atoms with Crippen molar-refractivity contribution in [3.63, 3.8) is 0 Å². The van der Waals surface area contributed by atoms with Crippen LogP contribution in [0.5, 0.6) is 11.5 Å². The highest BCUT2D eigenvalue weighted by molar-refractivity contribution is 8.22. The van der Waals surface area contributed by atoms with Gasteiger partial charge in [-0.15, -0.1) is 23.5 Å². The molecular weight excluding hydrogens is 404 g/mol. The SMILES string of the molecule is O=C(/C=C/c1ccc(O)cc1)C(C(=O)/C=C/c1ccc(O)cc1)=C1SCCCS1. The molecule has 1 heterocycles. The third-order valence-corrected chi connectivity index (χ3v) is 6.72. The van der Waals surface area contributed by atoms with Gasteiger partial charge in [0.15, 0.2) is 11.6 Å². The molecule has 0 radical (unpaired) electrons. The molecule has 0 aliphatic carbocycles. The lowest BCUT2D eigenvalue weighted by molar-refractivity contribution is -0.116. The number of hydrogen-bond acceptors (Lipinski definition) is 6. The third-order valence-electron chi connectivity index (χ3n) is 4.09.